The molecule has 3 aromatic carbocycles. The van der Waals surface area contributed by atoms with E-state index in [1.54, 1.807) is 61.5 Å². The van der Waals surface area contributed by atoms with Gasteiger partial charge in [-0.2, -0.15) is 0 Å². The van der Waals surface area contributed by atoms with E-state index in [4.69, 9.17) is 0 Å². The number of carbonyl (C=O) groups is 2. The van der Waals surface area contributed by atoms with Gasteiger partial charge in [-0.1, -0.05) is 61.9 Å². The van der Waals surface area contributed by atoms with Gasteiger partial charge in [0.15, 0.2) is 0 Å². The van der Waals surface area contributed by atoms with Crippen molar-refractivity contribution >= 4 is 27.5 Å². The zero-order chi connectivity index (χ0) is 27.7. The third-order valence-corrected chi connectivity index (χ3v) is 7.92. The Kier molecular flexibility index (Phi) is 10.0. The van der Waals surface area contributed by atoms with E-state index in [-0.39, 0.29) is 17.3 Å². The summed E-state index contributed by atoms with van der Waals surface area (Å²) < 4.78 is 42.0. The maximum atomic E-state index is 13.9. The van der Waals surface area contributed by atoms with E-state index in [9.17, 15) is 22.4 Å². The largest absolute Gasteiger partial charge is 0.354 e. The Bertz CT molecular complexity index is 1310. The highest BCUT2D eigenvalue weighted by molar-refractivity contribution is 7.92. The summed E-state index contributed by atoms with van der Waals surface area (Å²) in [5.74, 6) is -1.29. The van der Waals surface area contributed by atoms with Crippen molar-refractivity contribution in [1.29, 1.82) is 0 Å². The number of nitrogens with zero attached hydrogens (tertiary/aromatic N) is 2. The van der Waals surface area contributed by atoms with Crippen LogP contribution in [0.4, 0.5) is 10.1 Å². The quantitative estimate of drug-likeness (QED) is 0.363. The fourth-order valence-corrected chi connectivity index (χ4v) is 5.47. The van der Waals surface area contributed by atoms with E-state index in [1.165, 1.54) is 29.2 Å². The minimum atomic E-state index is -4.11. The Morgan fingerprint density at radius 1 is 0.921 bits per heavy atom. The molecule has 3 rings (SSSR count). The van der Waals surface area contributed by atoms with Gasteiger partial charge in [0.25, 0.3) is 10.0 Å². The molecule has 1 N–H and O–H groups in total. The summed E-state index contributed by atoms with van der Waals surface area (Å²) in [5.41, 5.74) is 1.89. The van der Waals surface area contributed by atoms with Gasteiger partial charge in [0.1, 0.15) is 18.4 Å². The summed E-state index contributed by atoms with van der Waals surface area (Å²) in [7, 11) is -4.11. The third kappa shape index (κ3) is 7.19. The first-order valence-electron chi connectivity index (χ1n) is 12.6. The monoisotopic (exact) mass is 539 g/mol. The molecule has 3 aromatic rings. The Labute approximate surface area is 224 Å². The smallest absolute Gasteiger partial charge is 0.264 e. The summed E-state index contributed by atoms with van der Waals surface area (Å²) in [6.45, 7) is 5.56. The van der Waals surface area contributed by atoms with Gasteiger partial charge >= 0.3 is 0 Å². The number of anilines is 1. The van der Waals surface area contributed by atoms with Crippen molar-refractivity contribution < 1.29 is 22.4 Å². The van der Waals surface area contributed by atoms with Gasteiger partial charge in [-0.25, -0.2) is 12.8 Å². The van der Waals surface area contributed by atoms with Gasteiger partial charge < -0.3 is 10.2 Å². The Hall–Kier alpha value is -3.72. The molecule has 1 atom stereocenters. The maximum Gasteiger partial charge on any atom is 0.264 e. The average Bonchev–Trinajstić information content (AvgIpc) is 2.92. The van der Waals surface area contributed by atoms with Crippen molar-refractivity contribution in [2.75, 3.05) is 17.4 Å². The van der Waals surface area contributed by atoms with Crippen LogP contribution < -0.4 is 9.62 Å². The molecule has 0 bridgehead atoms. The van der Waals surface area contributed by atoms with Crippen LogP contribution in [-0.4, -0.2) is 44.3 Å². The number of amides is 2. The highest BCUT2D eigenvalue weighted by atomic mass is 32.2. The molecule has 7 nitrogen and oxygen atoms in total. The van der Waals surface area contributed by atoms with Gasteiger partial charge in [0.2, 0.25) is 11.8 Å². The predicted molar refractivity (Wildman–Crippen MR) is 146 cm³/mol. The first-order chi connectivity index (χ1) is 18.2. The number of nitrogens with one attached hydrogen (secondary N) is 1. The van der Waals surface area contributed by atoms with Crippen LogP contribution in [0.25, 0.3) is 0 Å². The molecule has 202 valence electrons. The highest BCUT2D eigenvalue weighted by Crippen LogP contribution is 2.25. The van der Waals surface area contributed by atoms with Gasteiger partial charge in [0.05, 0.1) is 10.6 Å². The van der Waals surface area contributed by atoms with E-state index in [1.807, 2.05) is 13.8 Å². The molecule has 38 heavy (non-hydrogen) atoms. The van der Waals surface area contributed by atoms with Crippen molar-refractivity contribution in [3.63, 3.8) is 0 Å². The number of halogens is 1. The summed E-state index contributed by atoms with van der Waals surface area (Å²) in [4.78, 5) is 28.3. The molecule has 9 heteroatoms. The van der Waals surface area contributed by atoms with Crippen LogP contribution in [0.15, 0.2) is 83.8 Å². The van der Waals surface area contributed by atoms with Crippen molar-refractivity contribution in [1.82, 2.24) is 10.2 Å². The van der Waals surface area contributed by atoms with E-state index in [0.29, 0.717) is 24.2 Å². The van der Waals surface area contributed by atoms with Crippen molar-refractivity contribution in [2.24, 2.45) is 0 Å². The fraction of sp³-hybridized carbons (Fsp3) is 0.310. The lowest BCUT2D eigenvalue weighted by Gasteiger charge is -2.33. The number of rotatable bonds is 12. The molecule has 0 unspecified atom stereocenters. The summed E-state index contributed by atoms with van der Waals surface area (Å²) in [6.07, 6.45) is 1.04. The molecular formula is C29H34FN3O4S. The topological polar surface area (TPSA) is 86.8 Å². The van der Waals surface area contributed by atoms with Crippen LogP contribution >= 0.6 is 0 Å². The molecule has 2 amide bonds. The fourth-order valence-electron chi connectivity index (χ4n) is 4.03. The molecule has 0 aliphatic heterocycles. The van der Waals surface area contributed by atoms with Crippen molar-refractivity contribution in [2.45, 2.75) is 51.1 Å². The van der Waals surface area contributed by atoms with Crippen LogP contribution in [-0.2, 0) is 26.2 Å². The molecule has 0 aromatic heterocycles. The van der Waals surface area contributed by atoms with E-state index in [2.05, 4.69) is 5.32 Å². The third-order valence-electron chi connectivity index (χ3n) is 6.13. The number of hydrogen-bond donors (Lipinski definition) is 1. The minimum Gasteiger partial charge on any atom is -0.354 e. The molecule has 0 aliphatic rings. The van der Waals surface area contributed by atoms with Gasteiger partial charge in [-0.05, 0) is 61.7 Å². The number of sulfonamides is 1. The molecule has 0 heterocycles. The second-order valence-electron chi connectivity index (χ2n) is 9.02. The Balaban J connectivity index is 2.02. The molecule has 0 radical (unpaired) electrons. The second kappa shape index (κ2) is 13.2. The molecule has 0 saturated heterocycles. The molecule has 0 spiro atoms. The summed E-state index contributed by atoms with van der Waals surface area (Å²) >= 11 is 0. The lowest BCUT2D eigenvalue weighted by atomic mass is 10.1. The van der Waals surface area contributed by atoms with Crippen LogP contribution in [0.2, 0.25) is 0 Å². The van der Waals surface area contributed by atoms with Gasteiger partial charge in [0, 0.05) is 13.1 Å². The standard InChI is InChI=1S/C29H34FN3O4S/c1-4-19-31-29(35)27(5-2)32(20-23-13-15-24(30)16-14-23)28(34)21-33(25-17-11-22(3)12-18-25)38(36,37)26-9-7-6-8-10-26/h6-18,27H,4-5,19-21H2,1-3H3,(H,31,35)/t27-/m1/s1. The zero-order valence-corrected chi connectivity index (χ0v) is 22.7. The van der Waals surface area contributed by atoms with Gasteiger partial charge in [-0.15, -0.1) is 0 Å². The second-order valence-corrected chi connectivity index (χ2v) is 10.9. The summed E-state index contributed by atoms with van der Waals surface area (Å²) in [6, 6.07) is 19.6. The lowest BCUT2D eigenvalue weighted by molar-refractivity contribution is -0.140. The molecule has 0 saturated carbocycles. The van der Waals surface area contributed by atoms with Crippen LogP contribution in [0.5, 0.6) is 0 Å². The summed E-state index contributed by atoms with van der Waals surface area (Å²) in [5, 5.41) is 2.84. The normalized spacial score (nSPS) is 12.0. The number of carbonyl (C=O) groups excluding carboxylic acids is 2. The van der Waals surface area contributed by atoms with Gasteiger partial charge in [-0.3, -0.25) is 13.9 Å². The maximum absolute atomic E-state index is 13.9. The molecule has 0 aliphatic carbocycles. The van der Waals surface area contributed by atoms with Crippen LogP contribution in [0.1, 0.15) is 37.8 Å². The number of benzene rings is 3. The minimum absolute atomic E-state index is 0.0181. The predicted octanol–water partition coefficient (Wildman–Crippen LogP) is 4.66. The molecular weight excluding hydrogens is 505 g/mol. The highest BCUT2D eigenvalue weighted by Gasteiger charge is 2.33. The number of aryl methyl sites for hydroxylation is 1. The van der Waals surface area contributed by atoms with Crippen LogP contribution in [0.3, 0.4) is 0 Å². The first kappa shape index (κ1) is 28.8. The van der Waals surface area contributed by atoms with E-state index in [0.717, 1.165) is 16.3 Å². The lowest BCUT2D eigenvalue weighted by Crippen LogP contribution is -2.52. The number of hydrogen-bond acceptors (Lipinski definition) is 4. The SMILES string of the molecule is CCCNC(=O)[C@@H](CC)N(Cc1ccc(F)cc1)C(=O)CN(c1ccc(C)cc1)S(=O)(=O)c1ccccc1. The Morgan fingerprint density at radius 3 is 2.13 bits per heavy atom. The van der Waals surface area contributed by atoms with Crippen molar-refractivity contribution in [3.05, 3.63) is 95.8 Å². The van der Waals surface area contributed by atoms with E-state index < -0.39 is 34.3 Å². The Morgan fingerprint density at radius 2 is 1.55 bits per heavy atom. The molecule has 0 fully saturated rings. The van der Waals surface area contributed by atoms with Crippen molar-refractivity contribution in [3.8, 4) is 0 Å². The first-order valence-corrected chi connectivity index (χ1v) is 14.1. The van der Waals surface area contributed by atoms with E-state index >= 15 is 0 Å². The zero-order valence-electron chi connectivity index (χ0n) is 21.9. The average molecular weight is 540 g/mol. The van der Waals surface area contributed by atoms with Crippen LogP contribution in [0, 0.1) is 12.7 Å².